The summed E-state index contributed by atoms with van der Waals surface area (Å²) in [4.78, 5) is 4.37. The third-order valence-electron chi connectivity index (χ3n) is 1.67. The summed E-state index contributed by atoms with van der Waals surface area (Å²) in [6.45, 7) is 14.3. The maximum absolute atomic E-state index is 6.02. The summed E-state index contributed by atoms with van der Waals surface area (Å²) in [5.74, 6) is 0. The molecule has 0 saturated carbocycles. The van der Waals surface area contributed by atoms with E-state index in [-0.39, 0.29) is 11.1 Å². The molecular formula is C10H20AlCl2N2. The lowest BCUT2D eigenvalue weighted by atomic mass is 10.1. The second-order valence-electron chi connectivity index (χ2n) is 5.45. The smallest absolute Gasteiger partial charge is 0.345 e. The molecular weight excluding hydrogens is 246 g/mol. The fourth-order valence-electron chi connectivity index (χ4n) is 0.910. The maximum Gasteiger partial charge on any atom is 0.632 e. The number of halogens is 2. The molecule has 0 aliphatic heterocycles. The van der Waals surface area contributed by atoms with Crippen molar-refractivity contribution in [1.82, 2.24) is 3.88 Å². The minimum Gasteiger partial charge on any atom is -0.345 e. The first kappa shape index (κ1) is 15.7. The zero-order chi connectivity index (χ0) is 12.3. The third-order valence-corrected chi connectivity index (χ3v) is 4.30. The van der Waals surface area contributed by atoms with E-state index >= 15 is 0 Å². The number of hydrogen-bond acceptors (Lipinski definition) is 2. The van der Waals surface area contributed by atoms with Crippen molar-refractivity contribution >= 4 is 38.8 Å². The molecule has 2 nitrogen and oxygen atoms in total. The molecule has 0 spiro atoms. The topological polar surface area (TPSA) is 15.6 Å². The molecule has 0 aromatic heterocycles. The molecule has 1 radical (unpaired) electrons. The Labute approximate surface area is 107 Å². The van der Waals surface area contributed by atoms with E-state index in [2.05, 4.69) is 46.5 Å². The van der Waals surface area contributed by atoms with Gasteiger partial charge in [-0.2, -0.15) is 0 Å². The predicted octanol–water partition coefficient (Wildman–Crippen LogP) is 3.58. The van der Waals surface area contributed by atoms with E-state index in [1.54, 1.807) is 6.21 Å². The monoisotopic (exact) mass is 265 g/mol. The summed E-state index contributed by atoms with van der Waals surface area (Å²) < 4.78 is 1.99. The highest BCUT2D eigenvalue weighted by atomic mass is 35.7. The Kier molecular flexibility index (Phi) is 6.18. The van der Waals surface area contributed by atoms with Gasteiger partial charge in [-0.25, -0.2) is 20.1 Å². The molecule has 0 atom stereocenters. The minimum absolute atomic E-state index is 0.0513. The van der Waals surface area contributed by atoms with Gasteiger partial charge in [0, 0.05) is 12.8 Å². The van der Waals surface area contributed by atoms with E-state index in [1.807, 2.05) is 10.4 Å². The molecule has 5 heteroatoms. The summed E-state index contributed by atoms with van der Waals surface area (Å²) in [6.07, 6.45) is 1.79. The molecule has 0 aromatic rings. The highest BCUT2D eigenvalue weighted by Gasteiger charge is 2.32. The number of hydrogen-bond donors (Lipinski definition) is 0. The molecule has 0 saturated heterocycles. The van der Waals surface area contributed by atoms with Crippen molar-refractivity contribution < 1.29 is 0 Å². The van der Waals surface area contributed by atoms with Gasteiger partial charge in [0.1, 0.15) is 0 Å². The molecule has 0 unspecified atom stereocenters. The van der Waals surface area contributed by atoms with Crippen LogP contribution in [0.4, 0.5) is 0 Å². The van der Waals surface area contributed by atoms with Gasteiger partial charge in [-0.05, 0) is 47.1 Å². The van der Waals surface area contributed by atoms with Crippen molar-refractivity contribution in [1.29, 1.82) is 0 Å². The standard InChI is InChI=1S/C10H20N2.Al.2ClH/c1-9(2,3)11-7-8-12-10(4,5)6;;;/h7-8H,1-6H3;;2*1H/q-1;+3;;/p-2. The Balaban J connectivity index is 4.40. The van der Waals surface area contributed by atoms with Gasteiger partial charge in [0.25, 0.3) is 0 Å². The molecule has 87 valence electrons. The van der Waals surface area contributed by atoms with Gasteiger partial charge in [-0.15, -0.1) is 0 Å². The van der Waals surface area contributed by atoms with Gasteiger partial charge in [0.05, 0.1) is 5.54 Å². The van der Waals surface area contributed by atoms with Crippen LogP contribution in [0.25, 0.3) is 0 Å². The average molecular weight is 266 g/mol. The van der Waals surface area contributed by atoms with Gasteiger partial charge in [0.2, 0.25) is 0 Å². The van der Waals surface area contributed by atoms with Crippen LogP contribution in [0, 0.1) is 6.54 Å². The number of nitrogens with zero attached hydrogens (tertiary/aromatic N) is 2. The van der Waals surface area contributed by atoms with Gasteiger partial charge >= 0.3 is 12.5 Å². The van der Waals surface area contributed by atoms with Crippen molar-refractivity contribution in [2.24, 2.45) is 4.99 Å². The Morgan fingerprint density at radius 3 is 1.80 bits per heavy atom. The highest BCUT2D eigenvalue weighted by Crippen LogP contribution is 2.20. The second kappa shape index (κ2) is 5.89. The predicted molar refractivity (Wildman–Crippen MR) is 71.6 cm³/mol. The van der Waals surface area contributed by atoms with Crippen molar-refractivity contribution in [3.05, 3.63) is 6.54 Å². The van der Waals surface area contributed by atoms with Crippen LogP contribution in [-0.2, 0) is 0 Å². The quantitative estimate of drug-likeness (QED) is 0.563. The van der Waals surface area contributed by atoms with Gasteiger partial charge in [-0.3, -0.25) is 4.99 Å². The van der Waals surface area contributed by atoms with Crippen molar-refractivity contribution in [2.75, 3.05) is 0 Å². The Hall–Kier alpha value is 0.742. The fourth-order valence-corrected chi connectivity index (χ4v) is 3.85. The van der Waals surface area contributed by atoms with E-state index in [1.165, 1.54) is 0 Å². The van der Waals surface area contributed by atoms with Crippen LogP contribution < -0.4 is 0 Å². The highest BCUT2D eigenvalue weighted by molar-refractivity contribution is 7.32. The van der Waals surface area contributed by atoms with Crippen molar-refractivity contribution in [3.63, 3.8) is 0 Å². The van der Waals surface area contributed by atoms with Crippen LogP contribution in [0.5, 0.6) is 0 Å². The van der Waals surface area contributed by atoms with Crippen LogP contribution in [0.1, 0.15) is 41.5 Å². The van der Waals surface area contributed by atoms with Crippen LogP contribution in [0.3, 0.4) is 0 Å². The summed E-state index contributed by atoms with van der Waals surface area (Å²) >= 11 is -1.87. The normalized spacial score (nSPS) is 13.9. The van der Waals surface area contributed by atoms with E-state index in [0.717, 1.165) is 0 Å². The van der Waals surface area contributed by atoms with Crippen LogP contribution in [-0.4, -0.2) is 33.7 Å². The molecule has 0 fully saturated rings. The van der Waals surface area contributed by atoms with Crippen molar-refractivity contribution in [3.8, 4) is 0 Å². The average Bonchev–Trinajstić information content (AvgIpc) is 1.92. The molecule has 0 rings (SSSR count). The zero-order valence-corrected chi connectivity index (χ0v) is 13.0. The van der Waals surface area contributed by atoms with Gasteiger partial charge in [0.15, 0.2) is 0 Å². The number of aliphatic imine (C=N–C) groups is 1. The van der Waals surface area contributed by atoms with E-state index in [4.69, 9.17) is 20.1 Å². The third kappa shape index (κ3) is 7.60. The summed E-state index contributed by atoms with van der Waals surface area (Å²) in [7, 11) is 12.0. The lowest BCUT2D eigenvalue weighted by Gasteiger charge is -2.34. The fraction of sp³-hybridized carbons (Fsp3) is 0.800. The summed E-state index contributed by atoms with van der Waals surface area (Å²) in [6, 6.07) is 0. The molecule has 0 bridgehead atoms. The molecule has 0 amide bonds. The maximum atomic E-state index is 6.02. The van der Waals surface area contributed by atoms with Gasteiger partial charge in [-0.1, -0.05) is 0 Å². The SMILES string of the molecule is CC(C)(C)N=C[CH][N]([Al]([Cl])[Cl])C(C)(C)C. The first-order valence-corrected chi connectivity index (χ1v) is 9.00. The molecule has 0 aliphatic carbocycles. The summed E-state index contributed by atoms with van der Waals surface area (Å²) in [5, 5.41) is 0. The van der Waals surface area contributed by atoms with Crippen molar-refractivity contribution in [2.45, 2.75) is 52.6 Å². The molecule has 0 aliphatic rings. The lowest BCUT2D eigenvalue weighted by molar-refractivity contribution is 0.316. The first-order valence-electron chi connectivity index (χ1n) is 4.99. The van der Waals surface area contributed by atoms with Crippen LogP contribution in [0.2, 0.25) is 0 Å². The largest absolute Gasteiger partial charge is 0.632 e. The second-order valence-corrected chi connectivity index (χ2v) is 9.72. The van der Waals surface area contributed by atoms with E-state index in [9.17, 15) is 0 Å². The molecule has 15 heavy (non-hydrogen) atoms. The Morgan fingerprint density at radius 2 is 1.53 bits per heavy atom. The molecule has 0 aromatic carbocycles. The van der Waals surface area contributed by atoms with Crippen LogP contribution >= 0.6 is 20.1 Å². The Bertz CT molecular complexity index is 216. The molecule has 0 N–H and O–H groups in total. The van der Waals surface area contributed by atoms with E-state index < -0.39 is 12.5 Å². The van der Waals surface area contributed by atoms with E-state index in [0.29, 0.717) is 0 Å². The van der Waals surface area contributed by atoms with Crippen LogP contribution in [0.15, 0.2) is 4.99 Å². The lowest BCUT2D eigenvalue weighted by Crippen LogP contribution is -2.44. The Morgan fingerprint density at radius 1 is 1.07 bits per heavy atom. The van der Waals surface area contributed by atoms with Gasteiger partial charge < -0.3 is 3.88 Å². The minimum atomic E-state index is -1.87. The number of rotatable bonds is 3. The first-order chi connectivity index (χ1) is 6.54. The summed E-state index contributed by atoms with van der Waals surface area (Å²) in [5.41, 5.74) is -0.111. The molecule has 0 heterocycles. The zero-order valence-electron chi connectivity index (χ0n) is 10.4.